The minimum atomic E-state index is -0.759. The third kappa shape index (κ3) is 2.28. The second kappa shape index (κ2) is 5.11. The number of carbonyl (C=O) groups excluding carboxylic acids is 1. The van der Waals surface area contributed by atoms with Crippen LogP contribution in [0.3, 0.4) is 0 Å². The zero-order chi connectivity index (χ0) is 17.0. The van der Waals surface area contributed by atoms with Crippen molar-refractivity contribution in [1.29, 1.82) is 0 Å². The molecular weight excluding hydrogens is 292 g/mol. The highest BCUT2D eigenvalue weighted by atomic mass is 16.4. The van der Waals surface area contributed by atoms with Crippen LogP contribution < -0.4 is 0 Å². The van der Waals surface area contributed by atoms with Gasteiger partial charge in [-0.15, -0.1) is 0 Å². The summed E-state index contributed by atoms with van der Waals surface area (Å²) < 4.78 is 2.03. The number of carbonyl (C=O) groups is 2. The number of aliphatic carboxylic acids is 1. The number of fused-ring (bicyclic) bond motifs is 2. The van der Waals surface area contributed by atoms with E-state index < -0.39 is 11.4 Å². The van der Waals surface area contributed by atoms with Crippen LogP contribution in [0.4, 0.5) is 0 Å². The van der Waals surface area contributed by atoms with E-state index in [9.17, 15) is 14.7 Å². The number of rotatable bonds is 3. The molecule has 1 N–H and O–H groups in total. The molecule has 2 fully saturated rings. The van der Waals surface area contributed by atoms with Crippen LogP contribution in [0.1, 0.15) is 63.7 Å². The number of aromatic nitrogens is 1. The van der Waals surface area contributed by atoms with Crippen LogP contribution in [-0.2, 0) is 10.3 Å². The van der Waals surface area contributed by atoms with E-state index in [4.69, 9.17) is 0 Å². The summed E-state index contributed by atoms with van der Waals surface area (Å²) in [6.45, 7) is 8.20. The Labute approximate surface area is 137 Å². The van der Waals surface area contributed by atoms with E-state index in [2.05, 4.69) is 20.8 Å². The topological polar surface area (TPSA) is 62.5 Å². The lowest BCUT2D eigenvalue weighted by atomic mass is 9.72. The largest absolute Gasteiger partial charge is 0.481 e. The van der Waals surface area contributed by atoms with Gasteiger partial charge < -0.3 is 14.6 Å². The number of amides is 1. The Morgan fingerprint density at radius 1 is 1.35 bits per heavy atom. The summed E-state index contributed by atoms with van der Waals surface area (Å²) in [5.41, 5.74) is -0.170. The minimum absolute atomic E-state index is 0.0166. The lowest BCUT2D eigenvalue weighted by molar-refractivity contribution is -0.151. The van der Waals surface area contributed by atoms with E-state index >= 15 is 0 Å². The molecule has 1 amide bonds. The molecule has 2 aliphatic heterocycles. The molecule has 0 aromatic carbocycles. The van der Waals surface area contributed by atoms with Crippen molar-refractivity contribution in [3.63, 3.8) is 0 Å². The standard InChI is InChI=1S/C18H26N2O3/c1-5-18(16(22)23)10-13-6-7-14(18)20(13)15(21)12-8-9-19(11-12)17(2,3)4/h8-9,11,13-14H,5-7,10H2,1-4H3,(H,22,23)/t13-,14+,18+/m0/s1. The van der Waals surface area contributed by atoms with Gasteiger partial charge in [0.25, 0.3) is 5.91 Å². The molecule has 1 aromatic heterocycles. The number of carboxylic acid groups (broad SMARTS) is 1. The van der Waals surface area contributed by atoms with E-state index in [1.807, 2.05) is 34.9 Å². The van der Waals surface area contributed by atoms with E-state index in [0.29, 0.717) is 18.4 Å². The van der Waals surface area contributed by atoms with Crippen LogP contribution in [0.25, 0.3) is 0 Å². The predicted molar refractivity (Wildman–Crippen MR) is 87.4 cm³/mol. The van der Waals surface area contributed by atoms with Crippen molar-refractivity contribution in [2.45, 2.75) is 71.0 Å². The number of carboxylic acids is 1. The van der Waals surface area contributed by atoms with Crippen LogP contribution in [0.2, 0.25) is 0 Å². The minimum Gasteiger partial charge on any atom is -0.481 e. The van der Waals surface area contributed by atoms with Gasteiger partial charge in [0, 0.05) is 30.0 Å². The maximum absolute atomic E-state index is 13.0. The molecule has 0 unspecified atom stereocenters. The molecule has 3 rings (SSSR count). The lowest BCUT2D eigenvalue weighted by Gasteiger charge is -2.32. The highest BCUT2D eigenvalue weighted by molar-refractivity contribution is 5.96. The third-order valence-corrected chi connectivity index (χ3v) is 5.75. The highest BCUT2D eigenvalue weighted by Gasteiger charge is 2.60. The molecule has 2 bridgehead atoms. The molecule has 2 saturated heterocycles. The van der Waals surface area contributed by atoms with Crippen molar-refractivity contribution >= 4 is 11.9 Å². The summed E-state index contributed by atoms with van der Waals surface area (Å²) in [6, 6.07) is 1.75. The van der Waals surface area contributed by atoms with Gasteiger partial charge in [-0.3, -0.25) is 9.59 Å². The zero-order valence-corrected chi connectivity index (χ0v) is 14.4. The summed E-state index contributed by atoms with van der Waals surface area (Å²) in [6.07, 6.45) is 6.71. The fourth-order valence-corrected chi connectivity index (χ4v) is 4.34. The average molecular weight is 318 g/mol. The smallest absolute Gasteiger partial charge is 0.311 e. The maximum Gasteiger partial charge on any atom is 0.311 e. The monoisotopic (exact) mass is 318 g/mol. The van der Waals surface area contributed by atoms with E-state index in [0.717, 1.165) is 12.8 Å². The molecule has 0 radical (unpaired) electrons. The first-order valence-electron chi connectivity index (χ1n) is 8.45. The quantitative estimate of drug-likeness (QED) is 0.931. The van der Waals surface area contributed by atoms with Crippen molar-refractivity contribution in [1.82, 2.24) is 9.47 Å². The second-order valence-electron chi connectivity index (χ2n) is 7.96. The Morgan fingerprint density at radius 2 is 2.04 bits per heavy atom. The Kier molecular flexibility index (Phi) is 3.58. The van der Waals surface area contributed by atoms with Crippen molar-refractivity contribution in [3.05, 3.63) is 24.0 Å². The fourth-order valence-electron chi connectivity index (χ4n) is 4.34. The van der Waals surface area contributed by atoms with Gasteiger partial charge in [0.15, 0.2) is 0 Å². The normalized spacial score (nSPS) is 30.0. The summed E-state index contributed by atoms with van der Waals surface area (Å²) >= 11 is 0. The van der Waals surface area contributed by atoms with E-state index in [1.54, 1.807) is 0 Å². The van der Waals surface area contributed by atoms with Gasteiger partial charge in [0.2, 0.25) is 0 Å². The van der Waals surface area contributed by atoms with Gasteiger partial charge in [-0.2, -0.15) is 0 Å². The number of hydrogen-bond acceptors (Lipinski definition) is 2. The van der Waals surface area contributed by atoms with Crippen LogP contribution in [0, 0.1) is 5.41 Å². The van der Waals surface area contributed by atoms with Crippen molar-refractivity contribution in [2.75, 3.05) is 0 Å². The molecule has 5 heteroatoms. The van der Waals surface area contributed by atoms with Crippen molar-refractivity contribution in [2.24, 2.45) is 5.41 Å². The molecule has 3 heterocycles. The van der Waals surface area contributed by atoms with E-state index in [1.165, 1.54) is 0 Å². The van der Waals surface area contributed by atoms with Gasteiger partial charge >= 0.3 is 5.97 Å². The number of hydrogen-bond donors (Lipinski definition) is 1. The maximum atomic E-state index is 13.0. The second-order valence-corrected chi connectivity index (χ2v) is 7.96. The first kappa shape index (κ1) is 16.1. The van der Waals surface area contributed by atoms with Gasteiger partial charge in [0.05, 0.1) is 11.0 Å². The summed E-state index contributed by atoms with van der Waals surface area (Å²) in [4.78, 5) is 26.7. The third-order valence-electron chi connectivity index (χ3n) is 5.75. The van der Waals surface area contributed by atoms with Crippen molar-refractivity contribution in [3.8, 4) is 0 Å². The molecule has 3 atom stereocenters. The van der Waals surface area contributed by atoms with E-state index in [-0.39, 0.29) is 23.5 Å². The first-order valence-corrected chi connectivity index (χ1v) is 8.45. The van der Waals surface area contributed by atoms with Crippen LogP contribution in [0.5, 0.6) is 0 Å². The molecule has 0 spiro atoms. The van der Waals surface area contributed by atoms with Gasteiger partial charge in [-0.25, -0.2) is 0 Å². The molecule has 23 heavy (non-hydrogen) atoms. The predicted octanol–water partition coefficient (Wildman–Crippen LogP) is 3.10. The fraction of sp³-hybridized carbons (Fsp3) is 0.667. The van der Waals surface area contributed by atoms with Crippen LogP contribution >= 0.6 is 0 Å². The summed E-state index contributed by atoms with van der Waals surface area (Å²) in [5, 5.41) is 9.72. The summed E-state index contributed by atoms with van der Waals surface area (Å²) in [7, 11) is 0. The SMILES string of the molecule is CC[C@@]1(C(=O)O)C[C@@H]2CC[C@H]1N2C(=O)c1ccn(C(C)(C)C)c1. The molecule has 0 saturated carbocycles. The molecule has 0 aliphatic carbocycles. The first-order chi connectivity index (χ1) is 10.7. The average Bonchev–Trinajstić information content (AvgIpc) is 3.18. The highest BCUT2D eigenvalue weighted by Crippen LogP contribution is 2.52. The van der Waals surface area contributed by atoms with Gasteiger partial charge in [-0.05, 0) is 52.5 Å². The molecule has 126 valence electrons. The van der Waals surface area contributed by atoms with Crippen LogP contribution in [-0.4, -0.2) is 38.5 Å². The zero-order valence-electron chi connectivity index (χ0n) is 14.4. The molecular formula is C18H26N2O3. The van der Waals surface area contributed by atoms with Crippen molar-refractivity contribution < 1.29 is 14.7 Å². The Morgan fingerprint density at radius 3 is 2.52 bits per heavy atom. The van der Waals surface area contributed by atoms with Gasteiger partial charge in [-0.1, -0.05) is 6.92 Å². The number of nitrogens with zero attached hydrogens (tertiary/aromatic N) is 2. The molecule has 5 nitrogen and oxygen atoms in total. The molecule has 2 aliphatic rings. The Balaban J connectivity index is 1.89. The van der Waals surface area contributed by atoms with Crippen LogP contribution in [0.15, 0.2) is 18.5 Å². The Bertz CT molecular complexity index is 643. The Hall–Kier alpha value is -1.78. The lowest BCUT2D eigenvalue weighted by Crippen LogP contribution is -2.44. The summed E-state index contributed by atoms with van der Waals surface area (Å²) in [5.74, 6) is -0.769. The molecule has 1 aromatic rings. The van der Waals surface area contributed by atoms with Gasteiger partial charge in [0.1, 0.15) is 0 Å².